The van der Waals surface area contributed by atoms with Crippen LogP contribution in [0.1, 0.15) is 19.4 Å². The molecule has 0 saturated heterocycles. The predicted octanol–water partition coefficient (Wildman–Crippen LogP) is 1.60. The van der Waals surface area contributed by atoms with Crippen LogP contribution < -0.4 is 11.1 Å². The van der Waals surface area contributed by atoms with E-state index in [1.54, 1.807) is 0 Å². The van der Waals surface area contributed by atoms with Crippen molar-refractivity contribution in [3.63, 3.8) is 0 Å². The second kappa shape index (κ2) is 5.16. The van der Waals surface area contributed by atoms with Crippen molar-refractivity contribution in [3.8, 4) is 0 Å². The van der Waals surface area contributed by atoms with Crippen LogP contribution in [-0.2, 0) is 6.18 Å². The van der Waals surface area contributed by atoms with Gasteiger partial charge in [0.1, 0.15) is 17.6 Å². The molecule has 0 spiro atoms. The summed E-state index contributed by atoms with van der Waals surface area (Å²) >= 11 is 0. The molecule has 0 aliphatic heterocycles. The van der Waals surface area contributed by atoms with Gasteiger partial charge in [0.25, 0.3) is 0 Å². The van der Waals surface area contributed by atoms with Crippen molar-refractivity contribution in [3.05, 3.63) is 11.8 Å². The highest BCUT2D eigenvalue weighted by atomic mass is 19.4. The quantitative estimate of drug-likeness (QED) is 0.730. The van der Waals surface area contributed by atoms with Crippen LogP contribution in [0.4, 0.5) is 29.3 Å². The highest BCUT2D eigenvalue weighted by Crippen LogP contribution is 2.33. The van der Waals surface area contributed by atoms with E-state index >= 15 is 0 Å². The van der Waals surface area contributed by atoms with E-state index in [2.05, 4.69) is 15.3 Å². The van der Waals surface area contributed by atoms with Gasteiger partial charge in [-0.3, -0.25) is 0 Å². The SMILES string of the molecule is CC(C)(O)C(F)CNc1nc(N)ncc1C(F)(F)F. The second-order valence-electron chi connectivity index (χ2n) is 4.49. The fourth-order valence-corrected chi connectivity index (χ4v) is 1.17. The van der Waals surface area contributed by atoms with Gasteiger partial charge in [-0.2, -0.15) is 18.2 Å². The summed E-state index contributed by atoms with van der Waals surface area (Å²) in [7, 11) is 0. The van der Waals surface area contributed by atoms with E-state index in [4.69, 9.17) is 5.73 Å². The average Bonchev–Trinajstić information content (AvgIpc) is 2.22. The van der Waals surface area contributed by atoms with Crippen LogP contribution >= 0.6 is 0 Å². The summed E-state index contributed by atoms with van der Waals surface area (Å²) in [6.45, 7) is 1.87. The molecule has 4 N–H and O–H groups in total. The molecule has 1 atom stereocenters. The van der Waals surface area contributed by atoms with Gasteiger partial charge in [0.15, 0.2) is 0 Å². The van der Waals surface area contributed by atoms with Gasteiger partial charge in [0.2, 0.25) is 5.95 Å². The van der Waals surface area contributed by atoms with Crippen LogP contribution in [0.5, 0.6) is 0 Å². The maximum Gasteiger partial charge on any atom is 0.421 e. The Kier molecular flexibility index (Phi) is 4.18. The lowest BCUT2D eigenvalue weighted by Gasteiger charge is -2.23. The summed E-state index contributed by atoms with van der Waals surface area (Å²) in [5.74, 6) is -0.985. The van der Waals surface area contributed by atoms with E-state index in [-0.39, 0.29) is 5.95 Å². The fourth-order valence-electron chi connectivity index (χ4n) is 1.17. The van der Waals surface area contributed by atoms with E-state index in [9.17, 15) is 22.7 Å². The molecule has 0 radical (unpaired) electrons. The van der Waals surface area contributed by atoms with E-state index < -0.39 is 35.9 Å². The number of hydrogen-bond acceptors (Lipinski definition) is 5. The van der Waals surface area contributed by atoms with Crippen LogP contribution in [0.25, 0.3) is 0 Å². The highest BCUT2D eigenvalue weighted by Gasteiger charge is 2.36. The molecule has 0 aliphatic rings. The number of hydrogen-bond donors (Lipinski definition) is 3. The average molecular weight is 282 g/mol. The zero-order valence-electron chi connectivity index (χ0n) is 10.3. The Morgan fingerprint density at radius 2 is 2.00 bits per heavy atom. The zero-order chi connectivity index (χ0) is 14.8. The molecule has 1 unspecified atom stereocenters. The van der Waals surface area contributed by atoms with Crippen LogP contribution in [0.15, 0.2) is 6.20 Å². The first-order valence-electron chi connectivity index (χ1n) is 5.32. The Morgan fingerprint density at radius 1 is 1.42 bits per heavy atom. The van der Waals surface area contributed by atoms with E-state index in [0.29, 0.717) is 6.20 Å². The molecule has 0 saturated carbocycles. The third-order valence-corrected chi connectivity index (χ3v) is 2.33. The molecule has 19 heavy (non-hydrogen) atoms. The Hall–Kier alpha value is -1.64. The summed E-state index contributed by atoms with van der Waals surface area (Å²) in [6.07, 6.45) is -5.94. The standard InChI is InChI=1S/C10H14F4N4O/c1-9(2,19)6(11)4-16-7-5(10(12,13)14)3-17-8(15)18-7/h3,6,19H,4H2,1-2H3,(H3,15,16,17,18). The van der Waals surface area contributed by atoms with Crippen molar-refractivity contribution >= 4 is 11.8 Å². The molecule has 1 heterocycles. The van der Waals surface area contributed by atoms with E-state index in [0.717, 1.165) is 0 Å². The van der Waals surface area contributed by atoms with Crippen molar-refractivity contribution in [2.75, 3.05) is 17.6 Å². The zero-order valence-corrected chi connectivity index (χ0v) is 10.3. The van der Waals surface area contributed by atoms with Gasteiger partial charge >= 0.3 is 6.18 Å². The summed E-state index contributed by atoms with van der Waals surface area (Å²) in [4.78, 5) is 6.63. The van der Waals surface area contributed by atoms with Crippen molar-refractivity contribution in [1.82, 2.24) is 9.97 Å². The Morgan fingerprint density at radius 3 is 2.47 bits per heavy atom. The number of anilines is 2. The molecule has 0 amide bonds. The fraction of sp³-hybridized carbons (Fsp3) is 0.600. The van der Waals surface area contributed by atoms with Crippen molar-refractivity contribution in [1.29, 1.82) is 0 Å². The number of aromatic nitrogens is 2. The van der Waals surface area contributed by atoms with Gasteiger partial charge in [-0.15, -0.1) is 0 Å². The monoisotopic (exact) mass is 282 g/mol. The number of nitrogen functional groups attached to an aromatic ring is 1. The Bertz CT molecular complexity index is 444. The molecule has 5 nitrogen and oxygen atoms in total. The van der Waals surface area contributed by atoms with Gasteiger partial charge in [-0.05, 0) is 13.8 Å². The van der Waals surface area contributed by atoms with Gasteiger partial charge in [0.05, 0.1) is 12.1 Å². The third kappa shape index (κ3) is 4.19. The lowest BCUT2D eigenvalue weighted by molar-refractivity contribution is -0.137. The molecule has 0 aromatic carbocycles. The number of nitrogens with one attached hydrogen (secondary N) is 1. The molecule has 108 valence electrons. The normalized spacial score (nSPS) is 14.3. The van der Waals surface area contributed by atoms with Gasteiger partial charge < -0.3 is 16.2 Å². The molecular formula is C10H14F4N4O. The topological polar surface area (TPSA) is 84.1 Å². The molecule has 1 rings (SSSR count). The molecular weight excluding hydrogens is 268 g/mol. The number of halogens is 4. The van der Waals surface area contributed by atoms with Crippen LogP contribution in [0, 0.1) is 0 Å². The summed E-state index contributed by atoms with van der Waals surface area (Å²) < 4.78 is 51.4. The van der Waals surface area contributed by atoms with E-state index in [1.165, 1.54) is 13.8 Å². The van der Waals surface area contributed by atoms with Gasteiger partial charge in [0, 0.05) is 6.20 Å². The van der Waals surface area contributed by atoms with Crippen molar-refractivity contribution in [2.24, 2.45) is 0 Å². The van der Waals surface area contributed by atoms with Crippen LogP contribution in [0.3, 0.4) is 0 Å². The molecule has 1 aromatic heterocycles. The third-order valence-electron chi connectivity index (χ3n) is 2.33. The lowest BCUT2D eigenvalue weighted by Crippen LogP contribution is -2.38. The largest absolute Gasteiger partial charge is 0.421 e. The Labute approximate surface area is 106 Å². The minimum Gasteiger partial charge on any atom is -0.387 e. The summed E-state index contributed by atoms with van der Waals surface area (Å²) in [5.41, 5.74) is 2.37. The minimum absolute atomic E-state index is 0.367. The first kappa shape index (κ1) is 15.4. The van der Waals surface area contributed by atoms with Crippen molar-refractivity contribution < 1.29 is 22.7 Å². The smallest absolute Gasteiger partial charge is 0.387 e. The van der Waals surface area contributed by atoms with E-state index in [1.807, 2.05) is 0 Å². The minimum atomic E-state index is -4.68. The summed E-state index contributed by atoms with van der Waals surface area (Å²) in [5, 5.41) is 11.5. The number of nitrogens with two attached hydrogens (primary N) is 1. The maximum atomic E-state index is 13.5. The molecule has 0 aliphatic carbocycles. The lowest BCUT2D eigenvalue weighted by atomic mass is 10.0. The predicted molar refractivity (Wildman–Crippen MR) is 61.1 cm³/mol. The number of rotatable bonds is 4. The van der Waals surface area contributed by atoms with Gasteiger partial charge in [-0.1, -0.05) is 0 Å². The molecule has 0 fully saturated rings. The summed E-state index contributed by atoms with van der Waals surface area (Å²) in [6, 6.07) is 0. The Balaban J connectivity index is 2.92. The highest BCUT2D eigenvalue weighted by molar-refractivity contribution is 5.47. The number of aliphatic hydroxyl groups is 1. The van der Waals surface area contributed by atoms with Crippen molar-refractivity contribution in [2.45, 2.75) is 31.8 Å². The first-order chi connectivity index (χ1) is 8.51. The second-order valence-corrected chi connectivity index (χ2v) is 4.49. The number of alkyl halides is 4. The first-order valence-corrected chi connectivity index (χ1v) is 5.32. The van der Waals surface area contributed by atoms with Gasteiger partial charge in [-0.25, -0.2) is 9.37 Å². The molecule has 0 bridgehead atoms. The van der Waals surface area contributed by atoms with Crippen LogP contribution in [-0.4, -0.2) is 33.4 Å². The molecule has 9 heteroatoms. The van der Waals surface area contributed by atoms with Crippen LogP contribution in [0.2, 0.25) is 0 Å². The maximum absolute atomic E-state index is 13.5. The molecule has 1 aromatic rings. The number of nitrogens with zero attached hydrogens (tertiary/aromatic N) is 2.